The van der Waals surface area contributed by atoms with Gasteiger partial charge in [0, 0.05) is 12.0 Å². The minimum Gasteiger partial charge on any atom is -0.295 e. The number of Topliss-reactive ketones (excluding diaryl/α,β-unsaturated/α-hetero) is 1. The predicted octanol–water partition coefficient (Wildman–Crippen LogP) is 2.77. The Balaban J connectivity index is 2.71. The van der Waals surface area contributed by atoms with Crippen molar-refractivity contribution in [3.8, 4) is 0 Å². The highest BCUT2D eigenvalue weighted by molar-refractivity contribution is 8.03. The fraction of sp³-hybridized carbons (Fsp3) is 0.667. The number of allylic oxidation sites excluding steroid dienone is 2. The lowest BCUT2D eigenvalue weighted by Gasteiger charge is -2.14. The quantitative estimate of drug-likeness (QED) is 0.634. The van der Waals surface area contributed by atoms with Crippen molar-refractivity contribution in [3.63, 3.8) is 0 Å². The van der Waals surface area contributed by atoms with E-state index in [9.17, 15) is 4.79 Å². The monoisotopic (exact) mass is 170 g/mol. The van der Waals surface area contributed by atoms with Gasteiger partial charge in [0.05, 0.1) is 0 Å². The first-order valence-electron chi connectivity index (χ1n) is 4.11. The number of carbonyl (C=O) groups excluding carboxylic acids is 1. The summed E-state index contributed by atoms with van der Waals surface area (Å²) in [5.41, 5.74) is 1.02. The van der Waals surface area contributed by atoms with Gasteiger partial charge in [-0.2, -0.15) is 0 Å². The normalized spacial score (nSPS) is 19.3. The summed E-state index contributed by atoms with van der Waals surface area (Å²) < 4.78 is 0. The minimum atomic E-state index is 0.354. The molecule has 0 saturated carbocycles. The van der Waals surface area contributed by atoms with E-state index >= 15 is 0 Å². The molecule has 0 saturated heterocycles. The molecule has 2 heteroatoms. The Morgan fingerprint density at radius 2 is 2.18 bits per heavy atom. The van der Waals surface area contributed by atoms with E-state index < -0.39 is 0 Å². The van der Waals surface area contributed by atoms with Gasteiger partial charge in [0.15, 0.2) is 5.78 Å². The number of carbonyl (C=O) groups is 1. The summed E-state index contributed by atoms with van der Waals surface area (Å²) in [7, 11) is 0. The molecule has 1 rings (SSSR count). The van der Waals surface area contributed by atoms with Gasteiger partial charge in [-0.15, -0.1) is 11.8 Å². The summed E-state index contributed by atoms with van der Waals surface area (Å²) in [6.07, 6.45) is 2.94. The van der Waals surface area contributed by atoms with Crippen LogP contribution in [-0.2, 0) is 4.79 Å². The molecule has 1 aliphatic rings. The molecule has 0 fully saturated rings. The van der Waals surface area contributed by atoms with E-state index in [-0.39, 0.29) is 0 Å². The summed E-state index contributed by atoms with van der Waals surface area (Å²) in [6.45, 7) is 4.09. The summed E-state index contributed by atoms with van der Waals surface area (Å²) in [5, 5.41) is 0. The van der Waals surface area contributed by atoms with Crippen molar-refractivity contribution < 1.29 is 4.79 Å². The maximum absolute atomic E-state index is 11.2. The maximum atomic E-state index is 11.2. The lowest BCUT2D eigenvalue weighted by Crippen LogP contribution is -2.07. The van der Waals surface area contributed by atoms with Crippen molar-refractivity contribution in [2.45, 2.75) is 33.1 Å². The maximum Gasteiger partial charge on any atom is 0.159 e. The molecular weight excluding hydrogens is 156 g/mol. The fourth-order valence-corrected chi connectivity index (χ4v) is 2.26. The molecule has 11 heavy (non-hydrogen) atoms. The summed E-state index contributed by atoms with van der Waals surface area (Å²) >= 11 is 1.82. The van der Waals surface area contributed by atoms with Crippen LogP contribution in [-0.4, -0.2) is 11.5 Å². The fourth-order valence-electron chi connectivity index (χ4n) is 1.29. The van der Waals surface area contributed by atoms with Gasteiger partial charge in [0.1, 0.15) is 0 Å². The van der Waals surface area contributed by atoms with E-state index in [1.165, 1.54) is 4.91 Å². The molecule has 0 spiro atoms. The second-order valence-electron chi connectivity index (χ2n) is 2.76. The molecule has 0 bridgehead atoms. The Morgan fingerprint density at radius 1 is 1.45 bits per heavy atom. The van der Waals surface area contributed by atoms with E-state index in [0.29, 0.717) is 5.78 Å². The van der Waals surface area contributed by atoms with Crippen LogP contribution in [0.3, 0.4) is 0 Å². The van der Waals surface area contributed by atoms with Crippen LogP contribution in [0.4, 0.5) is 0 Å². The average Bonchev–Trinajstić information content (AvgIpc) is 1.99. The van der Waals surface area contributed by atoms with Crippen molar-refractivity contribution in [2.24, 2.45) is 0 Å². The molecule has 0 heterocycles. The summed E-state index contributed by atoms with van der Waals surface area (Å²) in [5.74, 6) is 1.44. The van der Waals surface area contributed by atoms with E-state index in [0.717, 1.165) is 30.6 Å². The lowest BCUT2D eigenvalue weighted by atomic mass is 9.99. The first-order chi connectivity index (χ1) is 5.25. The molecular formula is C9H14OS. The van der Waals surface area contributed by atoms with E-state index in [1.807, 2.05) is 18.7 Å². The molecule has 1 aliphatic carbocycles. The molecule has 0 unspecified atom stereocenters. The van der Waals surface area contributed by atoms with Crippen molar-refractivity contribution in [2.75, 3.05) is 5.75 Å². The van der Waals surface area contributed by atoms with Crippen LogP contribution in [0.5, 0.6) is 0 Å². The van der Waals surface area contributed by atoms with Crippen LogP contribution in [0.1, 0.15) is 33.1 Å². The molecule has 0 atom stereocenters. The molecule has 0 aromatic rings. The summed E-state index contributed by atoms with van der Waals surface area (Å²) in [4.78, 5) is 12.5. The number of hydrogen-bond donors (Lipinski definition) is 0. The molecule has 0 radical (unpaired) electrons. The Morgan fingerprint density at radius 3 is 2.82 bits per heavy atom. The Bertz CT molecular complexity index is 194. The van der Waals surface area contributed by atoms with Gasteiger partial charge in [0.25, 0.3) is 0 Å². The van der Waals surface area contributed by atoms with E-state index in [4.69, 9.17) is 0 Å². The molecule has 0 aliphatic heterocycles. The standard InChI is InChI=1S/C9H14OS/c1-3-11-9-6-4-5-8(10)7(9)2/h3-6H2,1-2H3. The topological polar surface area (TPSA) is 17.1 Å². The Kier molecular flexibility index (Phi) is 3.18. The zero-order valence-corrected chi connectivity index (χ0v) is 7.96. The third kappa shape index (κ3) is 2.09. The van der Waals surface area contributed by atoms with Gasteiger partial charge in [-0.25, -0.2) is 0 Å². The third-order valence-corrected chi connectivity index (χ3v) is 3.11. The number of rotatable bonds is 2. The van der Waals surface area contributed by atoms with E-state index in [1.54, 1.807) is 0 Å². The molecule has 0 aromatic heterocycles. The largest absolute Gasteiger partial charge is 0.295 e. The van der Waals surface area contributed by atoms with Gasteiger partial charge in [-0.1, -0.05) is 6.92 Å². The van der Waals surface area contributed by atoms with Crippen molar-refractivity contribution in [1.82, 2.24) is 0 Å². The van der Waals surface area contributed by atoms with Crippen LogP contribution >= 0.6 is 11.8 Å². The zero-order valence-electron chi connectivity index (χ0n) is 7.14. The molecule has 62 valence electrons. The van der Waals surface area contributed by atoms with Crippen molar-refractivity contribution in [3.05, 3.63) is 10.5 Å². The van der Waals surface area contributed by atoms with Gasteiger partial charge in [0.2, 0.25) is 0 Å². The molecule has 0 amide bonds. The smallest absolute Gasteiger partial charge is 0.159 e. The zero-order chi connectivity index (χ0) is 8.27. The van der Waals surface area contributed by atoms with Crippen LogP contribution in [0, 0.1) is 0 Å². The predicted molar refractivity (Wildman–Crippen MR) is 49.7 cm³/mol. The Labute approximate surface area is 72.2 Å². The lowest BCUT2D eigenvalue weighted by molar-refractivity contribution is -0.115. The van der Waals surface area contributed by atoms with Gasteiger partial charge in [-0.05, 0) is 30.4 Å². The number of thioether (sulfide) groups is 1. The first-order valence-corrected chi connectivity index (χ1v) is 5.10. The molecule has 0 N–H and O–H groups in total. The second-order valence-corrected chi connectivity index (χ2v) is 4.12. The van der Waals surface area contributed by atoms with Crippen LogP contribution in [0.25, 0.3) is 0 Å². The van der Waals surface area contributed by atoms with Crippen LogP contribution in [0.15, 0.2) is 10.5 Å². The van der Waals surface area contributed by atoms with Gasteiger partial charge in [-0.3, -0.25) is 4.79 Å². The van der Waals surface area contributed by atoms with E-state index in [2.05, 4.69) is 6.92 Å². The number of hydrogen-bond acceptors (Lipinski definition) is 2. The van der Waals surface area contributed by atoms with Crippen molar-refractivity contribution in [1.29, 1.82) is 0 Å². The highest BCUT2D eigenvalue weighted by Crippen LogP contribution is 2.30. The third-order valence-electron chi connectivity index (χ3n) is 1.96. The molecule has 0 aromatic carbocycles. The Hall–Kier alpha value is -0.240. The first kappa shape index (κ1) is 8.85. The van der Waals surface area contributed by atoms with Gasteiger partial charge >= 0.3 is 0 Å². The van der Waals surface area contributed by atoms with Crippen LogP contribution in [0.2, 0.25) is 0 Å². The van der Waals surface area contributed by atoms with Crippen molar-refractivity contribution >= 4 is 17.5 Å². The average molecular weight is 170 g/mol. The highest BCUT2D eigenvalue weighted by atomic mass is 32.2. The number of ketones is 1. The van der Waals surface area contributed by atoms with Gasteiger partial charge < -0.3 is 0 Å². The highest BCUT2D eigenvalue weighted by Gasteiger charge is 2.15. The minimum absolute atomic E-state index is 0.354. The molecule has 1 nitrogen and oxygen atoms in total. The van der Waals surface area contributed by atoms with Crippen LogP contribution < -0.4 is 0 Å². The second kappa shape index (κ2) is 3.96. The summed E-state index contributed by atoms with van der Waals surface area (Å²) in [6, 6.07) is 0. The SMILES string of the molecule is CCSC1=C(C)C(=O)CCC1.